The lowest BCUT2D eigenvalue weighted by atomic mass is 10.1. The molecule has 2 aromatic rings. The molecule has 7 heteroatoms. The maximum atomic E-state index is 12.3. The minimum Gasteiger partial charge on any atom is -0.349 e. The number of nitrogens with zero attached hydrogens (tertiary/aromatic N) is 2. The van der Waals surface area contributed by atoms with Crippen LogP contribution in [-0.4, -0.2) is 39.6 Å². The van der Waals surface area contributed by atoms with Gasteiger partial charge in [0.2, 0.25) is 0 Å². The van der Waals surface area contributed by atoms with E-state index in [2.05, 4.69) is 20.7 Å². The summed E-state index contributed by atoms with van der Waals surface area (Å²) < 4.78 is 1.28. The number of nitrogens with one attached hydrogen (secondary N) is 3. The maximum Gasteiger partial charge on any atom is 0.272 e. The van der Waals surface area contributed by atoms with Crippen LogP contribution in [0.15, 0.2) is 17.1 Å². The van der Waals surface area contributed by atoms with Gasteiger partial charge >= 0.3 is 0 Å². The second-order valence-electron chi connectivity index (χ2n) is 5.08. The van der Waals surface area contributed by atoms with E-state index in [-0.39, 0.29) is 17.5 Å². The number of H-pyrrole nitrogens is 1. The monoisotopic (exact) mass is 275 g/mol. The van der Waals surface area contributed by atoms with Gasteiger partial charge in [-0.3, -0.25) is 14.7 Å². The number of carbonyl (C=O) groups is 1. The standard InChI is InChI=1S/C13H17N5O2/c1-8-6-11(19)18-12(16-8)10(7-15-18)13(20)17-9-2-4-14-5-3-9/h6-7,9,14-15H,2-5H2,1H3,(H,17,20). The fraction of sp³-hybridized carbons (Fsp3) is 0.462. The molecule has 0 atom stereocenters. The number of aryl methyl sites for hydroxylation is 1. The number of hydrogen-bond donors (Lipinski definition) is 3. The Balaban J connectivity index is 1.89. The summed E-state index contributed by atoms with van der Waals surface area (Å²) in [4.78, 5) is 28.4. The second kappa shape index (κ2) is 5.09. The van der Waals surface area contributed by atoms with Gasteiger partial charge in [0.25, 0.3) is 11.5 Å². The van der Waals surface area contributed by atoms with Crippen molar-refractivity contribution >= 4 is 11.6 Å². The molecule has 2 aromatic heterocycles. The molecule has 3 N–H and O–H groups in total. The highest BCUT2D eigenvalue weighted by molar-refractivity contribution is 5.99. The van der Waals surface area contributed by atoms with Crippen LogP contribution in [0.5, 0.6) is 0 Å². The molecule has 0 saturated carbocycles. The van der Waals surface area contributed by atoms with E-state index in [1.807, 2.05) is 0 Å². The molecule has 106 valence electrons. The van der Waals surface area contributed by atoms with Gasteiger partial charge in [0.1, 0.15) is 5.56 Å². The molecular formula is C13H17N5O2. The van der Waals surface area contributed by atoms with Gasteiger partial charge in [-0.2, -0.15) is 0 Å². The van der Waals surface area contributed by atoms with Crippen molar-refractivity contribution in [2.75, 3.05) is 13.1 Å². The Morgan fingerprint density at radius 2 is 2.20 bits per heavy atom. The molecule has 0 aliphatic carbocycles. The fourth-order valence-corrected chi connectivity index (χ4v) is 2.49. The minimum absolute atomic E-state index is 0.176. The van der Waals surface area contributed by atoms with Gasteiger partial charge in [-0.15, -0.1) is 0 Å². The summed E-state index contributed by atoms with van der Waals surface area (Å²) in [6.07, 6.45) is 3.36. The molecule has 1 aliphatic heterocycles. The number of carbonyl (C=O) groups excluding carboxylic acids is 1. The van der Waals surface area contributed by atoms with Crippen molar-refractivity contribution in [1.29, 1.82) is 0 Å². The van der Waals surface area contributed by atoms with Crippen LogP contribution >= 0.6 is 0 Å². The zero-order chi connectivity index (χ0) is 14.1. The highest BCUT2D eigenvalue weighted by atomic mass is 16.2. The van der Waals surface area contributed by atoms with Crippen molar-refractivity contribution in [3.63, 3.8) is 0 Å². The molecule has 20 heavy (non-hydrogen) atoms. The normalized spacial score (nSPS) is 16.4. The predicted molar refractivity (Wildman–Crippen MR) is 73.9 cm³/mol. The summed E-state index contributed by atoms with van der Waals surface area (Å²) >= 11 is 0. The summed E-state index contributed by atoms with van der Waals surface area (Å²) in [6.45, 7) is 3.56. The number of amides is 1. The van der Waals surface area contributed by atoms with Crippen molar-refractivity contribution in [2.45, 2.75) is 25.8 Å². The number of aromatic nitrogens is 3. The van der Waals surface area contributed by atoms with Crippen molar-refractivity contribution < 1.29 is 4.79 Å². The Bertz CT molecular complexity index is 696. The molecule has 3 rings (SSSR count). The van der Waals surface area contributed by atoms with Crippen LogP contribution in [0.4, 0.5) is 0 Å². The minimum atomic E-state index is -0.214. The third kappa shape index (κ3) is 2.32. The first-order valence-corrected chi connectivity index (χ1v) is 6.74. The summed E-state index contributed by atoms with van der Waals surface area (Å²) in [5, 5.41) is 9.02. The van der Waals surface area contributed by atoms with Crippen molar-refractivity contribution in [3.8, 4) is 0 Å². The first kappa shape index (κ1) is 12.9. The lowest BCUT2D eigenvalue weighted by molar-refractivity contribution is 0.0931. The van der Waals surface area contributed by atoms with E-state index < -0.39 is 0 Å². The molecule has 7 nitrogen and oxygen atoms in total. The van der Waals surface area contributed by atoms with Crippen LogP contribution in [-0.2, 0) is 0 Å². The van der Waals surface area contributed by atoms with E-state index >= 15 is 0 Å². The van der Waals surface area contributed by atoms with Gasteiger partial charge in [0.15, 0.2) is 5.65 Å². The number of aromatic amines is 1. The lowest BCUT2D eigenvalue weighted by Gasteiger charge is -2.23. The van der Waals surface area contributed by atoms with Gasteiger partial charge in [-0.25, -0.2) is 9.50 Å². The highest BCUT2D eigenvalue weighted by Crippen LogP contribution is 2.09. The van der Waals surface area contributed by atoms with E-state index in [0.717, 1.165) is 25.9 Å². The van der Waals surface area contributed by atoms with E-state index in [1.165, 1.54) is 16.8 Å². The first-order chi connectivity index (χ1) is 9.65. The molecule has 0 aromatic carbocycles. The third-order valence-electron chi connectivity index (χ3n) is 3.54. The molecule has 1 saturated heterocycles. The molecule has 1 aliphatic rings. The second-order valence-corrected chi connectivity index (χ2v) is 5.08. The van der Waals surface area contributed by atoms with Crippen molar-refractivity contribution in [3.05, 3.63) is 33.9 Å². The zero-order valence-corrected chi connectivity index (χ0v) is 11.3. The Morgan fingerprint density at radius 1 is 1.45 bits per heavy atom. The number of hydrogen-bond acceptors (Lipinski definition) is 4. The summed E-state index contributed by atoms with van der Waals surface area (Å²) in [5.41, 5.74) is 1.17. The lowest BCUT2D eigenvalue weighted by Crippen LogP contribution is -2.42. The topological polar surface area (TPSA) is 91.3 Å². The average Bonchev–Trinajstić information content (AvgIpc) is 2.84. The average molecular weight is 275 g/mol. The van der Waals surface area contributed by atoms with Gasteiger partial charge in [0.05, 0.1) is 0 Å². The van der Waals surface area contributed by atoms with Gasteiger partial charge < -0.3 is 10.6 Å². The van der Waals surface area contributed by atoms with Crippen LogP contribution in [0.3, 0.4) is 0 Å². The summed E-state index contributed by atoms with van der Waals surface area (Å²) in [5.74, 6) is -0.187. The summed E-state index contributed by atoms with van der Waals surface area (Å²) in [7, 11) is 0. The van der Waals surface area contributed by atoms with Gasteiger partial charge in [-0.05, 0) is 32.9 Å². The Morgan fingerprint density at radius 3 is 2.95 bits per heavy atom. The van der Waals surface area contributed by atoms with Gasteiger partial charge in [-0.1, -0.05) is 0 Å². The third-order valence-corrected chi connectivity index (χ3v) is 3.54. The highest BCUT2D eigenvalue weighted by Gasteiger charge is 2.19. The quantitative estimate of drug-likeness (QED) is 0.708. The maximum absolute atomic E-state index is 12.3. The first-order valence-electron chi connectivity index (χ1n) is 6.74. The van der Waals surface area contributed by atoms with Crippen LogP contribution in [0.1, 0.15) is 28.9 Å². The molecule has 0 radical (unpaired) electrons. The van der Waals surface area contributed by atoms with Crippen LogP contribution < -0.4 is 16.2 Å². The van der Waals surface area contributed by atoms with Crippen LogP contribution in [0.25, 0.3) is 5.65 Å². The van der Waals surface area contributed by atoms with Crippen molar-refractivity contribution in [1.82, 2.24) is 25.2 Å². The fourth-order valence-electron chi connectivity index (χ4n) is 2.49. The smallest absolute Gasteiger partial charge is 0.272 e. The number of fused-ring (bicyclic) bond motifs is 1. The van der Waals surface area contributed by atoms with E-state index in [4.69, 9.17) is 0 Å². The Kier molecular flexibility index (Phi) is 3.27. The molecule has 0 bridgehead atoms. The largest absolute Gasteiger partial charge is 0.349 e. The van der Waals surface area contributed by atoms with Crippen LogP contribution in [0.2, 0.25) is 0 Å². The molecule has 3 heterocycles. The number of piperidine rings is 1. The molecule has 0 unspecified atom stereocenters. The summed E-state index contributed by atoms with van der Waals surface area (Å²) in [6, 6.07) is 1.60. The SMILES string of the molecule is Cc1cc(=O)n2[nH]cc(C(=O)NC3CCNCC3)c2n1. The zero-order valence-electron chi connectivity index (χ0n) is 11.3. The molecule has 1 fully saturated rings. The van der Waals surface area contributed by atoms with E-state index in [0.29, 0.717) is 16.9 Å². The Hall–Kier alpha value is -2.15. The molecule has 1 amide bonds. The molecule has 0 spiro atoms. The van der Waals surface area contributed by atoms with E-state index in [1.54, 1.807) is 6.92 Å². The predicted octanol–water partition coefficient (Wildman–Crippen LogP) is -0.187. The number of rotatable bonds is 2. The van der Waals surface area contributed by atoms with E-state index in [9.17, 15) is 9.59 Å². The molecular weight excluding hydrogens is 258 g/mol. The van der Waals surface area contributed by atoms with Crippen molar-refractivity contribution in [2.24, 2.45) is 0 Å². The van der Waals surface area contributed by atoms with Gasteiger partial charge in [0, 0.05) is 24.0 Å². The van der Waals surface area contributed by atoms with Crippen LogP contribution in [0, 0.1) is 6.92 Å². The Labute approximate surface area is 115 Å².